The van der Waals surface area contributed by atoms with Gasteiger partial charge in [0.05, 0.1) is 0 Å². The number of rotatable bonds is 0. The third-order valence-electron chi connectivity index (χ3n) is 4.09. The van der Waals surface area contributed by atoms with E-state index in [0.29, 0.717) is 5.41 Å². The molecule has 96 valence electrons. The summed E-state index contributed by atoms with van der Waals surface area (Å²) in [7, 11) is 0. The van der Waals surface area contributed by atoms with Crippen LogP contribution in [0.5, 0.6) is 0 Å². The van der Waals surface area contributed by atoms with Gasteiger partial charge in [-0.1, -0.05) is 39.3 Å². The quantitative estimate of drug-likeness (QED) is 0.681. The van der Waals surface area contributed by atoms with Gasteiger partial charge >= 0.3 is 0 Å². The van der Waals surface area contributed by atoms with Gasteiger partial charge in [0.25, 0.3) is 0 Å². The summed E-state index contributed by atoms with van der Waals surface area (Å²) in [6.07, 6.45) is 2.34. The van der Waals surface area contributed by atoms with Gasteiger partial charge in [-0.2, -0.15) is 0 Å². The molecule has 0 atom stereocenters. The van der Waals surface area contributed by atoms with Crippen molar-refractivity contribution in [2.75, 3.05) is 0 Å². The van der Waals surface area contributed by atoms with Crippen molar-refractivity contribution >= 4 is 22.5 Å². The van der Waals surface area contributed by atoms with Gasteiger partial charge in [-0.15, -0.1) is 0 Å². The standard InChI is InChI=1S/C16H20ClN/c1-15(2)8-13-14(16(3,4)9-15)11-7-10(17)5-6-12(11)18-13/h5-7,18H,8-9H2,1-4H3. The minimum absolute atomic E-state index is 0.208. The minimum atomic E-state index is 0.208. The largest absolute Gasteiger partial charge is 0.358 e. The highest BCUT2D eigenvalue weighted by Gasteiger charge is 2.39. The third-order valence-corrected chi connectivity index (χ3v) is 4.33. The smallest absolute Gasteiger partial charge is 0.0460 e. The van der Waals surface area contributed by atoms with Crippen LogP contribution in [0.25, 0.3) is 10.9 Å². The first-order chi connectivity index (χ1) is 8.28. The number of hydrogen-bond acceptors (Lipinski definition) is 0. The lowest BCUT2D eigenvalue weighted by molar-refractivity contribution is 0.231. The summed E-state index contributed by atoms with van der Waals surface area (Å²) in [5.41, 5.74) is 4.66. The van der Waals surface area contributed by atoms with Gasteiger partial charge in [-0.3, -0.25) is 0 Å². The number of halogens is 1. The molecule has 0 unspecified atom stereocenters. The van der Waals surface area contributed by atoms with E-state index in [9.17, 15) is 0 Å². The van der Waals surface area contributed by atoms with Gasteiger partial charge in [-0.25, -0.2) is 0 Å². The summed E-state index contributed by atoms with van der Waals surface area (Å²) >= 11 is 6.15. The Hall–Kier alpha value is -0.950. The molecule has 1 N–H and O–H groups in total. The van der Waals surface area contributed by atoms with Crippen molar-refractivity contribution in [1.29, 1.82) is 0 Å². The molecule has 18 heavy (non-hydrogen) atoms. The van der Waals surface area contributed by atoms with Crippen molar-refractivity contribution in [2.45, 2.75) is 46.0 Å². The Balaban J connectivity index is 2.32. The molecule has 0 aliphatic heterocycles. The van der Waals surface area contributed by atoms with Crippen molar-refractivity contribution in [2.24, 2.45) is 5.41 Å². The monoisotopic (exact) mass is 261 g/mol. The molecule has 0 amide bonds. The zero-order valence-corrected chi connectivity index (χ0v) is 12.3. The average molecular weight is 262 g/mol. The maximum Gasteiger partial charge on any atom is 0.0460 e. The Morgan fingerprint density at radius 2 is 1.89 bits per heavy atom. The second-order valence-electron chi connectivity index (χ2n) is 7.07. The van der Waals surface area contributed by atoms with E-state index in [4.69, 9.17) is 11.6 Å². The second kappa shape index (κ2) is 3.54. The number of fused-ring (bicyclic) bond motifs is 3. The number of nitrogens with one attached hydrogen (secondary N) is 1. The van der Waals surface area contributed by atoms with Crippen molar-refractivity contribution in [3.63, 3.8) is 0 Å². The molecule has 0 spiro atoms. The Bertz CT molecular complexity index is 619. The van der Waals surface area contributed by atoms with Crippen molar-refractivity contribution in [3.8, 4) is 0 Å². The maximum absolute atomic E-state index is 6.15. The van der Waals surface area contributed by atoms with Gasteiger partial charge in [0, 0.05) is 21.6 Å². The molecule has 0 bridgehead atoms. The molecule has 3 rings (SSSR count). The molecule has 1 heterocycles. The first-order valence-corrected chi connectivity index (χ1v) is 6.97. The zero-order chi connectivity index (χ0) is 13.1. The Kier molecular flexibility index (Phi) is 2.38. The molecule has 1 aliphatic carbocycles. The minimum Gasteiger partial charge on any atom is -0.358 e. The Morgan fingerprint density at radius 1 is 1.17 bits per heavy atom. The van der Waals surface area contributed by atoms with E-state index in [-0.39, 0.29) is 5.41 Å². The van der Waals surface area contributed by atoms with Gasteiger partial charge in [0.2, 0.25) is 0 Å². The summed E-state index contributed by atoms with van der Waals surface area (Å²) in [5.74, 6) is 0. The van der Waals surface area contributed by atoms with Crippen LogP contribution in [0.1, 0.15) is 45.4 Å². The number of H-pyrrole nitrogens is 1. The molecule has 0 saturated carbocycles. The van der Waals surface area contributed by atoms with E-state index in [1.54, 1.807) is 0 Å². The molecular weight excluding hydrogens is 242 g/mol. The molecule has 1 nitrogen and oxygen atoms in total. The highest BCUT2D eigenvalue weighted by atomic mass is 35.5. The number of aromatic nitrogens is 1. The number of benzene rings is 1. The van der Waals surface area contributed by atoms with Gasteiger partial charge in [0.1, 0.15) is 0 Å². The van der Waals surface area contributed by atoms with Crippen LogP contribution in [0.4, 0.5) is 0 Å². The van der Waals surface area contributed by atoms with Crippen LogP contribution in [0.15, 0.2) is 18.2 Å². The van der Waals surface area contributed by atoms with E-state index in [2.05, 4.69) is 44.8 Å². The topological polar surface area (TPSA) is 15.8 Å². The Morgan fingerprint density at radius 3 is 2.61 bits per heavy atom. The predicted octanol–water partition coefficient (Wildman–Crippen LogP) is 5.07. The average Bonchev–Trinajstić information content (AvgIpc) is 2.51. The van der Waals surface area contributed by atoms with E-state index >= 15 is 0 Å². The fraction of sp³-hybridized carbons (Fsp3) is 0.500. The fourth-order valence-corrected chi connectivity index (χ4v) is 4.12. The third kappa shape index (κ3) is 1.76. The summed E-state index contributed by atoms with van der Waals surface area (Å²) < 4.78 is 0. The van der Waals surface area contributed by atoms with Crippen LogP contribution >= 0.6 is 11.6 Å². The molecule has 0 saturated heterocycles. The summed E-state index contributed by atoms with van der Waals surface area (Å²) in [4.78, 5) is 3.60. The van der Waals surface area contributed by atoms with Crippen molar-refractivity contribution in [1.82, 2.24) is 4.98 Å². The first-order valence-electron chi connectivity index (χ1n) is 6.59. The molecule has 1 aromatic heterocycles. The molecule has 1 aromatic carbocycles. The van der Waals surface area contributed by atoms with E-state index in [1.807, 2.05) is 6.07 Å². The molecule has 0 fully saturated rings. The zero-order valence-electron chi connectivity index (χ0n) is 11.5. The van der Waals surface area contributed by atoms with Crippen LogP contribution in [-0.4, -0.2) is 4.98 Å². The molecule has 2 heteroatoms. The van der Waals surface area contributed by atoms with Gasteiger partial charge < -0.3 is 4.98 Å². The lowest BCUT2D eigenvalue weighted by Gasteiger charge is -2.40. The van der Waals surface area contributed by atoms with E-state index < -0.39 is 0 Å². The van der Waals surface area contributed by atoms with Crippen LogP contribution in [0.2, 0.25) is 5.02 Å². The van der Waals surface area contributed by atoms with Crippen LogP contribution < -0.4 is 0 Å². The highest BCUT2D eigenvalue weighted by Crippen LogP contribution is 2.48. The van der Waals surface area contributed by atoms with Gasteiger partial charge in [-0.05, 0) is 47.4 Å². The maximum atomic E-state index is 6.15. The number of aromatic amines is 1. The highest BCUT2D eigenvalue weighted by molar-refractivity contribution is 6.31. The second-order valence-corrected chi connectivity index (χ2v) is 7.51. The number of hydrogen-bond donors (Lipinski definition) is 1. The lowest BCUT2D eigenvalue weighted by atomic mass is 9.64. The lowest BCUT2D eigenvalue weighted by Crippen LogP contribution is -2.34. The fourth-order valence-electron chi connectivity index (χ4n) is 3.95. The molecule has 0 radical (unpaired) electrons. The Labute approximate surface area is 114 Å². The summed E-state index contributed by atoms with van der Waals surface area (Å²) in [5, 5.41) is 2.13. The van der Waals surface area contributed by atoms with Gasteiger partial charge in [0.15, 0.2) is 0 Å². The van der Waals surface area contributed by atoms with Crippen LogP contribution in [-0.2, 0) is 11.8 Å². The van der Waals surface area contributed by atoms with Crippen LogP contribution in [0.3, 0.4) is 0 Å². The predicted molar refractivity (Wildman–Crippen MR) is 78.4 cm³/mol. The molecule has 2 aromatic rings. The van der Waals surface area contributed by atoms with Crippen molar-refractivity contribution < 1.29 is 0 Å². The summed E-state index contributed by atoms with van der Waals surface area (Å²) in [6.45, 7) is 9.41. The molecular formula is C16H20ClN. The summed E-state index contributed by atoms with van der Waals surface area (Å²) in [6, 6.07) is 6.16. The normalized spacial score (nSPS) is 20.9. The van der Waals surface area contributed by atoms with E-state index in [0.717, 1.165) is 11.4 Å². The SMILES string of the molecule is CC1(C)Cc2[nH]c3ccc(Cl)cc3c2C(C)(C)C1. The molecule has 1 aliphatic rings. The van der Waals surface area contributed by atoms with Crippen molar-refractivity contribution in [3.05, 3.63) is 34.5 Å². The first kappa shape index (κ1) is 12.1. The van der Waals surface area contributed by atoms with Crippen LogP contribution in [0, 0.1) is 5.41 Å². The van der Waals surface area contributed by atoms with E-state index in [1.165, 1.54) is 28.6 Å².